The van der Waals surface area contributed by atoms with Gasteiger partial charge in [0, 0.05) is 17.2 Å². The van der Waals surface area contributed by atoms with Crippen LogP contribution in [0.15, 0.2) is 70.0 Å². The van der Waals surface area contributed by atoms with Crippen molar-refractivity contribution in [2.45, 2.75) is 0 Å². The highest BCUT2D eigenvalue weighted by molar-refractivity contribution is 8.26. The SMILES string of the molecule is COC(=O)c1cc(-c2ccc(/C=C3/SC(=S)N(NC(=O)c4ccccc4)C3=O)o2)ccc1Cl. The van der Waals surface area contributed by atoms with Gasteiger partial charge in [0.2, 0.25) is 0 Å². The molecule has 2 heterocycles. The van der Waals surface area contributed by atoms with Crippen LogP contribution in [0, 0.1) is 0 Å². The lowest BCUT2D eigenvalue weighted by Gasteiger charge is -2.15. The number of halogens is 1. The number of esters is 1. The molecule has 4 rings (SSSR count). The molecule has 1 N–H and O–H groups in total. The summed E-state index contributed by atoms with van der Waals surface area (Å²) >= 11 is 12.4. The van der Waals surface area contributed by atoms with E-state index in [-0.39, 0.29) is 14.9 Å². The summed E-state index contributed by atoms with van der Waals surface area (Å²) in [6.07, 6.45) is 1.54. The van der Waals surface area contributed by atoms with Gasteiger partial charge >= 0.3 is 5.97 Å². The van der Waals surface area contributed by atoms with Crippen LogP contribution in [-0.2, 0) is 9.53 Å². The van der Waals surface area contributed by atoms with Crippen LogP contribution in [0.2, 0.25) is 5.02 Å². The van der Waals surface area contributed by atoms with Gasteiger partial charge in [0.15, 0.2) is 4.32 Å². The van der Waals surface area contributed by atoms with Gasteiger partial charge in [-0.25, -0.2) is 4.79 Å². The monoisotopic (exact) mass is 498 g/mol. The topological polar surface area (TPSA) is 88.9 Å². The molecule has 1 aliphatic rings. The molecule has 10 heteroatoms. The summed E-state index contributed by atoms with van der Waals surface area (Å²) in [5.74, 6) is -0.607. The first-order valence-electron chi connectivity index (χ1n) is 9.49. The number of benzene rings is 2. The van der Waals surface area contributed by atoms with Crippen molar-refractivity contribution in [3.05, 3.63) is 87.5 Å². The molecular weight excluding hydrogens is 484 g/mol. The number of nitrogens with zero attached hydrogens (tertiary/aromatic N) is 1. The smallest absolute Gasteiger partial charge is 0.339 e. The van der Waals surface area contributed by atoms with E-state index in [1.807, 2.05) is 0 Å². The van der Waals surface area contributed by atoms with Gasteiger partial charge in [-0.05, 0) is 54.7 Å². The van der Waals surface area contributed by atoms with Crippen molar-refractivity contribution in [3.63, 3.8) is 0 Å². The molecule has 0 saturated carbocycles. The number of thioether (sulfide) groups is 1. The number of thiocarbonyl (C=S) groups is 1. The summed E-state index contributed by atoms with van der Waals surface area (Å²) in [6.45, 7) is 0. The molecule has 1 aliphatic heterocycles. The zero-order valence-electron chi connectivity index (χ0n) is 17.0. The predicted molar refractivity (Wildman–Crippen MR) is 129 cm³/mol. The van der Waals surface area contributed by atoms with Gasteiger partial charge in [-0.3, -0.25) is 15.0 Å². The standard InChI is InChI=1S/C23H15ClN2O5S2/c1-30-22(29)16-11-14(7-9-17(16)24)18-10-8-15(31-18)12-19-21(28)26(23(32)33-19)25-20(27)13-5-3-2-4-6-13/h2-12H,1H3,(H,25,27)/b19-12+. The van der Waals surface area contributed by atoms with Crippen molar-refractivity contribution in [2.75, 3.05) is 7.11 Å². The zero-order chi connectivity index (χ0) is 23.5. The molecule has 7 nitrogen and oxygen atoms in total. The number of methoxy groups -OCH3 is 1. The number of furan rings is 1. The van der Waals surface area contributed by atoms with Gasteiger partial charge in [-0.15, -0.1) is 0 Å². The second-order valence-electron chi connectivity index (χ2n) is 6.71. The summed E-state index contributed by atoms with van der Waals surface area (Å²) in [5, 5.41) is 1.30. The Kier molecular flexibility index (Phi) is 6.64. The largest absolute Gasteiger partial charge is 0.465 e. The molecule has 0 unspecified atom stereocenters. The number of hydrogen-bond donors (Lipinski definition) is 1. The fraction of sp³-hybridized carbons (Fsp3) is 0.0435. The Hall–Kier alpha value is -3.40. The maximum absolute atomic E-state index is 12.8. The van der Waals surface area contributed by atoms with E-state index in [9.17, 15) is 14.4 Å². The highest BCUT2D eigenvalue weighted by atomic mass is 35.5. The average Bonchev–Trinajstić information content (AvgIpc) is 3.39. The number of hydrogen-bond acceptors (Lipinski definition) is 7. The van der Waals surface area contributed by atoms with Crippen molar-refractivity contribution < 1.29 is 23.5 Å². The molecule has 1 fully saturated rings. The highest BCUT2D eigenvalue weighted by Gasteiger charge is 2.34. The number of nitrogens with one attached hydrogen (secondary N) is 1. The van der Waals surface area contributed by atoms with Crippen LogP contribution in [0.4, 0.5) is 0 Å². The maximum atomic E-state index is 12.8. The molecule has 2 aromatic carbocycles. The molecule has 0 aliphatic carbocycles. The Morgan fingerprint density at radius 1 is 1.15 bits per heavy atom. The van der Waals surface area contributed by atoms with Gasteiger partial charge in [0.25, 0.3) is 11.8 Å². The normalized spacial score (nSPS) is 14.6. The molecule has 0 spiro atoms. The summed E-state index contributed by atoms with van der Waals surface area (Å²) in [6, 6.07) is 16.7. The zero-order valence-corrected chi connectivity index (χ0v) is 19.4. The lowest BCUT2D eigenvalue weighted by Crippen LogP contribution is -2.44. The Bertz CT molecular complexity index is 1300. The van der Waals surface area contributed by atoms with Crippen LogP contribution < -0.4 is 5.43 Å². The molecule has 1 aromatic heterocycles. The third kappa shape index (κ3) is 4.85. The second-order valence-corrected chi connectivity index (χ2v) is 8.80. The third-order valence-electron chi connectivity index (χ3n) is 4.60. The maximum Gasteiger partial charge on any atom is 0.339 e. The Morgan fingerprint density at radius 2 is 1.91 bits per heavy atom. The van der Waals surface area contributed by atoms with Crippen molar-refractivity contribution in [1.29, 1.82) is 0 Å². The van der Waals surface area contributed by atoms with Gasteiger partial charge in [-0.1, -0.05) is 41.6 Å². The van der Waals surface area contributed by atoms with Crippen LogP contribution in [0.5, 0.6) is 0 Å². The van der Waals surface area contributed by atoms with Crippen LogP contribution in [0.3, 0.4) is 0 Å². The molecule has 0 radical (unpaired) electrons. The van der Waals surface area contributed by atoms with Gasteiger partial charge in [-0.2, -0.15) is 5.01 Å². The first kappa shape index (κ1) is 22.8. The molecule has 2 amide bonds. The minimum atomic E-state index is -0.560. The lowest BCUT2D eigenvalue weighted by molar-refractivity contribution is -0.123. The number of carbonyl (C=O) groups is 3. The van der Waals surface area contributed by atoms with E-state index in [4.69, 9.17) is 33.0 Å². The number of hydrazine groups is 1. The van der Waals surface area contributed by atoms with E-state index in [1.54, 1.807) is 60.7 Å². The Morgan fingerprint density at radius 3 is 2.64 bits per heavy atom. The summed E-state index contributed by atoms with van der Waals surface area (Å²) in [7, 11) is 1.27. The van der Waals surface area contributed by atoms with Gasteiger partial charge in [0.1, 0.15) is 11.5 Å². The van der Waals surface area contributed by atoms with Crippen molar-refractivity contribution in [3.8, 4) is 11.3 Å². The fourth-order valence-electron chi connectivity index (χ4n) is 2.98. The fourth-order valence-corrected chi connectivity index (χ4v) is 4.33. The van der Waals surface area contributed by atoms with Crippen LogP contribution in [-0.4, -0.2) is 34.2 Å². The average molecular weight is 499 g/mol. The van der Waals surface area contributed by atoms with Crippen LogP contribution in [0.1, 0.15) is 26.5 Å². The number of amides is 2. The van der Waals surface area contributed by atoms with Crippen molar-refractivity contribution in [2.24, 2.45) is 0 Å². The predicted octanol–water partition coefficient (Wildman–Crippen LogP) is 4.93. The Labute approximate surface area is 203 Å². The Balaban J connectivity index is 1.53. The molecule has 3 aromatic rings. The van der Waals surface area contributed by atoms with E-state index in [0.29, 0.717) is 27.6 Å². The van der Waals surface area contributed by atoms with Gasteiger partial charge < -0.3 is 9.15 Å². The first-order chi connectivity index (χ1) is 15.9. The van der Waals surface area contributed by atoms with Crippen molar-refractivity contribution >= 4 is 63.8 Å². The van der Waals surface area contributed by atoms with Crippen LogP contribution in [0.25, 0.3) is 17.4 Å². The van der Waals surface area contributed by atoms with E-state index >= 15 is 0 Å². The van der Waals surface area contributed by atoms with Gasteiger partial charge in [0.05, 0.1) is 22.6 Å². The van der Waals surface area contributed by atoms with E-state index in [0.717, 1.165) is 16.8 Å². The molecule has 0 bridgehead atoms. The van der Waals surface area contributed by atoms with Crippen molar-refractivity contribution in [1.82, 2.24) is 10.4 Å². The van der Waals surface area contributed by atoms with E-state index in [1.165, 1.54) is 13.2 Å². The summed E-state index contributed by atoms with van der Waals surface area (Å²) in [4.78, 5) is 37.3. The number of rotatable bonds is 5. The number of carbonyl (C=O) groups excluding carboxylic acids is 3. The summed E-state index contributed by atoms with van der Waals surface area (Å²) < 4.78 is 10.8. The number of ether oxygens (including phenoxy) is 1. The van der Waals surface area contributed by atoms with Crippen LogP contribution >= 0.6 is 35.6 Å². The molecule has 1 saturated heterocycles. The second kappa shape index (κ2) is 9.62. The lowest BCUT2D eigenvalue weighted by atomic mass is 10.1. The first-order valence-corrected chi connectivity index (χ1v) is 11.1. The molecule has 0 atom stereocenters. The molecule has 166 valence electrons. The van der Waals surface area contributed by atoms with E-state index < -0.39 is 17.8 Å². The minimum absolute atomic E-state index is 0.197. The minimum Gasteiger partial charge on any atom is -0.465 e. The molecule has 33 heavy (non-hydrogen) atoms. The molecular formula is C23H15ClN2O5S2. The van der Waals surface area contributed by atoms with E-state index in [2.05, 4.69) is 5.43 Å². The third-order valence-corrected chi connectivity index (χ3v) is 6.23. The highest BCUT2D eigenvalue weighted by Crippen LogP contribution is 2.33. The summed E-state index contributed by atoms with van der Waals surface area (Å²) in [5.41, 5.74) is 3.75. The quantitative estimate of drug-likeness (QED) is 0.303.